The van der Waals surface area contributed by atoms with Crippen molar-refractivity contribution in [1.82, 2.24) is 9.88 Å². The Morgan fingerprint density at radius 3 is 2.26 bits per heavy atom. The summed E-state index contributed by atoms with van der Waals surface area (Å²) >= 11 is 0. The van der Waals surface area contributed by atoms with Crippen molar-refractivity contribution < 1.29 is 19.1 Å². The van der Waals surface area contributed by atoms with Gasteiger partial charge in [-0.2, -0.15) is 0 Å². The second-order valence-corrected chi connectivity index (χ2v) is 9.63. The molecule has 0 saturated carbocycles. The number of hydrogen-bond acceptors (Lipinski definition) is 6. The molecule has 0 aliphatic carbocycles. The summed E-state index contributed by atoms with van der Waals surface area (Å²) in [7, 11) is 0. The summed E-state index contributed by atoms with van der Waals surface area (Å²) < 4.78 is 5.44. The first-order valence-electron chi connectivity index (χ1n) is 11.6. The molecule has 3 rings (SSSR count). The molecular weight excluding hydrogens is 432 g/mol. The molecule has 8 heteroatoms. The van der Waals surface area contributed by atoms with E-state index in [0.717, 1.165) is 16.8 Å². The standard InChI is InChI=1S/C26H34N4O4/c1-18-6-7-20(16-19(18)2)22(31)9-11-24(32)28-23-10-8-21(17-27-23)29-12-14-30(15-13-29)25(33)34-26(3,4)5/h6-8,10,16-17H,9,11-15H2,1-5H3,(H,27,28,32). The summed E-state index contributed by atoms with van der Waals surface area (Å²) in [5.74, 6) is 0.148. The van der Waals surface area contributed by atoms with Gasteiger partial charge < -0.3 is 19.9 Å². The topological polar surface area (TPSA) is 91.8 Å². The molecule has 0 unspecified atom stereocenters. The Morgan fingerprint density at radius 2 is 1.68 bits per heavy atom. The highest BCUT2D eigenvalue weighted by atomic mass is 16.6. The SMILES string of the molecule is Cc1ccc(C(=O)CCC(=O)Nc2ccc(N3CCN(C(=O)OC(C)(C)C)CC3)cn2)cc1C. The van der Waals surface area contributed by atoms with Crippen LogP contribution in [0.25, 0.3) is 0 Å². The normalized spacial score (nSPS) is 14.0. The number of ether oxygens (including phenoxy) is 1. The largest absolute Gasteiger partial charge is 0.444 e. The number of ketones is 1. The Kier molecular flexibility index (Phi) is 7.91. The number of benzene rings is 1. The second-order valence-electron chi connectivity index (χ2n) is 9.63. The van der Waals surface area contributed by atoms with Crippen LogP contribution in [-0.4, -0.2) is 59.4 Å². The van der Waals surface area contributed by atoms with Gasteiger partial charge in [0.1, 0.15) is 11.4 Å². The zero-order valence-corrected chi connectivity index (χ0v) is 20.7. The highest BCUT2D eigenvalue weighted by Crippen LogP contribution is 2.19. The average Bonchev–Trinajstić information content (AvgIpc) is 2.79. The van der Waals surface area contributed by atoms with E-state index in [4.69, 9.17) is 4.74 Å². The van der Waals surface area contributed by atoms with Crippen molar-refractivity contribution >= 4 is 29.3 Å². The van der Waals surface area contributed by atoms with Crippen LogP contribution in [-0.2, 0) is 9.53 Å². The molecule has 8 nitrogen and oxygen atoms in total. The van der Waals surface area contributed by atoms with E-state index < -0.39 is 5.60 Å². The molecule has 1 aromatic heterocycles. The number of rotatable bonds is 6. The molecule has 182 valence electrons. The number of carbonyl (C=O) groups excluding carboxylic acids is 3. The van der Waals surface area contributed by atoms with E-state index >= 15 is 0 Å². The van der Waals surface area contributed by atoms with Crippen molar-refractivity contribution in [1.29, 1.82) is 0 Å². The maximum Gasteiger partial charge on any atom is 0.410 e. The Bertz CT molecular complexity index is 1040. The molecule has 34 heavy (non-hydrogen) atoms. The van der Waals surface area contributed by atoms with Crippen molar-refractivity contribution in [2.45, 2.75) is 53.1 Å². The van der Waals surface area contributed by atoms with Crippen LogP contribution in [0.4, 0.5) is 16.3 Å². The lowest BCUT2D eigenvalue weighted by Crippen LogP contribution is -2.50. The third-order valence-corrected chi connectivity index (χ3v) is 5.72. The first kappa shape index (κ1) is 25.2. The van der Waals surface area contributed by atoms with E-state index in [9.17, 15) is 14.4 Å². The van der Waals surface area contributed by atoms with Gasteiger partial charge in [-0.3, -0.25) is 9.59 Å². The number of hydrogen-bond donors (Lipinski definition) is 1. The van der Waals surface area contributed by atoms with E-state index in [1.165, 1.54) is 0 Å². The fourth-order valence-electron chi connectivity index (χ4n) is 3.61. The maximum atomic E-state index is 12.4. The van der Waals surface area contributed by atoms with Crippen LogP contribution in [0.3, 0.4) is 0 Å². The predicted octanol–water partition coefficient (Wildman–Crippen LogP) is 4.36. The molecule has 0 spiro atoms. The Morgan fingerprint density at radius 1 is 0.971 bits per heavy atom. The first-order valence-corrected chi connectivity index (χ1v) is 11.6. The highest BCUT2D eigenvalue weighted by molar-refractivity contribution is 6.00. The molecule has 1 saturated heterocycles. The van der Waals surface area contributed by atoms with Crippen LogP contribution in [0.2, 0.25) is 0 Å². The molecular formula is C26H34N4O4. The minimum atomic E-state index is -0.509. The van der Waals surface area contributed by atoms with Crippen LogP contribution >= 0.6 is 0 Å². The smallest absolute Gasteiger partial charge is 0.410 e. The van der Waals surface area contributed by atoms with Crippen molar-refractivity contribution in [2.75, 3.05) is 36.4 Å². The molecule has 1 fully saturated rings. The molecule has 2 heterocycles. The van der Waals surface area contributed by atoms with Gasteiger partial charge in [-0.05, 0) is 63.9 Å². The number of amides is 2. The number of nitrogens with zero attached hydrogens (tertiary/aromatic N) is 3. The number of pyridine rings is 1. The number of carbonyl (C=O) groups is 3. The monoisotopic (exact) mass is 466 g/mol. The Balaban J connectivity index is 1.45. The molecule has 0 atom stereocenters. The lowest BCUT2D eigenvalue weighted by molar-refractivity contribution is -0.116. The zero-order chi connectivity index (χ0) is 24.9. The summed E-state index contributed by atoms with van der Waals surface area (Å²) in [6.45, 7) is 12.0. The summed E-state index contributed by atoms with van der Waals surface area (Å²) in [5.41, 5.74) is 3.24. The van der Waals surface area contributed by atoms with Crippen molar-refractivity contribution in [3.05, 3.63) is 53.2 Å². The van der Waals surface area contributed by atoms with E-state index in [1.54, 1.807) is 23.2 Å². The van der Waals surface area contributed by atoms with Gasteiger partial charge in [-0.15, -0.1) is 0 Å². The lowest BCUT2D eigenvalue weighted by Gasteiger charge is -2.36. The molecule has 1 aliphatic rings. The number of nitrogens with one attached hydrogen (secondary N) is 1. The van der Waals surface area contributed by atoms with E-state index in [-0.39, 0.29) is 30.6 Å². The fourth-order valence-corrected chi connectivity index (χ4v) is 3.61. The van der Waals surface area contributed by atoms with Gasteiger partial charge in [-0.25, -0.2) is 9.78 Å². The highest BCUT2D eigenvalue weighted by Gasteiger charge is 2.26. The van der Waals surface area contributed by atoms with Crippen molar-refractivity contribution in [3.8, 4) is 0 Å². The minimum absolute atomic E-state index is 0.0490. The summed E-state index contributed by atoms with van der Waals surface area (Å²) in [5, 5.41) is 2.75. The number of Topliss-reactive ketones (excluding diaryl/α,β-unsaturated/α-hetero) is 1. The molecule has 1 aromatic carbocycles. The number of piperazine rings is 1. The van der Waals surface area contributed by atoms with Crippen LogP contribution in [0.15, 0.2) is 36.5 Å². The molecule has 2 aromatic rings. The fraction of sp³-hybridized carbons (Fsp3) is 0.462. The Hall–Kier alpha value is -3.42. The van der Waals surface area contributed by atoms with Crippen LogP contribution in [0.1, 0.15) is 55.1 Å². The predicted molar refractivity (Wildman–Crippen MR) is 132 cm³/mol. The minimum Gasteiger partial charge on any atom is -0.444 e. The third kappa shape index (κ3) is 7.04. The first-order chi connectivity index (χ1) is 16.0. The summed E-state index contributed by atoms with van der Waals surface area (Å²) in [6, 6.07) is 9.23. The quantitative estimate of drug-likeness (QED) is 0.636. The van der Waals surface area contributed by atoms with Gasteiger partial charge in [0.05, 0.1) is 11.9 Å². The van der Waals surface area contributed by atoms with Gasteiger partial charge in [0.25, 0.3) is 0 Å². The van der Waals surface area contributed by atoms with Gasteiger partial charge in [0.2, 0.25) is 5.91 Å². The van der Waals surface area contributed by atoms with E-state index in [2.05, 4.69) is 15.2 Å². The van der Waals surface area contributed by atoms with Crippen LogP contribution in [0, 0.1) is 13.8 Å². The lowest BCUT2D eigenvalue weighted by atomic mass is 10.0. The van der Waals surface area contributed by atoms with E-state index in [0.29, 0.717) is 37.6 Å². The van der Waals surface area contributed by atoms with Gasteiger partial charge in [0, 0.05) is 44.6 Å². The molecule has 1 N–H and O–H groups in total. The number of aryl methyl sites for hydroxylation is 2. The van der Waals surface area contributed by atoms with Gasteiger partial charge in [-0.1, -0.05) is 12.1 Å². The van der Waals surface area contributed by atoms with Gasteiger partial charge in [0.15, 0.2) is 5.78 Å². The third-order valence-electron chi connectivity index (χ3n) is 5.72. The molecule has 0 bridgehead atoms. The summed E-state index contributed by atoms with van der Waals surface area (Å²) in [6.07, 6.45) is 1.66. The number of anilines is 2. The maximum absolute atomic E-state index is 12.4. The van der Waals surface area contributed by atoms with Crippen molar-refractivity contribution in [2.24, 2.45) is 0 Å². The average molecular weight is 467 g/mol. The second kappa shape index (κ2) is 10.7. The summed E-state index contributed by atoms with van der Waals surface area (Å²) in [4.78, 5) is 45.1. The van der Waals surface area contributed by atoms with Gasteiger partial charge >= 0.3 is 6.09 Å². The molecule has 0 radical (unpaired) electrons. The van der Waals surface area contributed by atoms with Crippen LogP contribution < -0.4 is 10.2 Å². The molecule has 2 amide bonds. The zero-order valence-electron chi connectivity index (χ0n) is 20.7. The molecule has 1 aliphatic heterocycles. The van der Waals surface area contributed by atoms with Crippen LogP contribution in [0.5, 0.6) is 0 Å². The van der Waals surface area contributed by atoms with E-state index in [1.807, 2.05) is 52.8 Å². The number of aromatic nitrogens is 1. The Labute approximate surface area is 201 Å². The van der Waals surface area contributed by atoms with Crippen molar-refractivity contribution in [3.63, 3.8) is 0 Å².